The third-order valence-electron chi connectivity index (χ3n) is 4.12. The van der Waals surface area contributed by atoms with E-state index in [4.69, 9.17) is 0 Å². The summed E-state index contributed by atoms with van der Waals surface area (Å²) in [5.74, 6) is 0. The molecule has 1 fully saturated rings. The second-order valence-corrected chi connectivity index (χ2v) is 5.36. The van der Waals surface area contributed by atoms with Crippen molar-refractivity contribution in [3.05, 3.63) is 53.9 Å². The van der Waals surface area contributed by atoms with Crippen LogP contribution in [-0.4, -0.2) is 40.9 Å². The molecule has 1 unspecified atom stereocenters. The predicted molar refractivity (Wildman–Crippen MR) is 80.5 cm³/mol. The first kappa shape index (κ1) is 13.3. The van der Waals surface area contributed by atoms with Crippen LogP contribution >= 0.6 is 0 Å². The molecule has 2 heterocycles. The van der Waals surface area contributed by atoms with Crippen LogP contribution in [0, 0.1) is 0 Å². The highest BCUT2D eigenvalue weighted by Crippen LogP contribution is 2.22. The van der Waals surface area contributed by atoms with E-state index < -0.39 is 0 Å². The minimum atomic E-state index is 0.484. The van der Waals surface area contributed by atoms with Gasteiger partial charge in [-0.25, -0.2) is 0 Å². The minimum absolute atomic E-state index is 0.484. The van der Waals surface area contributed by atoms with Crippen molar-refractivity contribution in [3.63, 3.8) is 0 Å². The number of hydrogen-bond acceptors (Lipinski definition) is 3. The number of aromatic nitrogens is 2. The molecule has 1 aliphatic heterocycles. The smallest absolute Gasteiger partial charge is 0.0492 e. The predicted octanol–water partition coefficient (Wildman–Crippen LogP) is 1.61. The molecule has 0 aliphatic carbocycles. The van der Waals surface area contributed by atoms with E-state index in [0.29, 0.717) is 6.04 Å². The van der Waals surface area contributed by atoms with Gasteiger partial charge >= 0.3 is 0 Å². The Balaban J connectivity index is 1.68. The Labute approximate surface area is 120 Å². The topological polar surface area (TPSA) is 33.1 Å². The number of aryl methyl sites for hydroxylation is 1. The second-order valence-electron chi connectivity index (χ2n) is 5.36. The van der Waals surface area contributed by atoms with Crippen molar-refractivity contribution in [3.8, 4) is 0 Å². The van der Waals surface area contributed by atoms with E-state index in [9.17, 15) is 0 Å². The molecule has 2 aromatic rings. The molecule has 0 saturated carbocycles. The number of nitrogens with zero attached hydrogens (tertiary/aromatic N) is 3. The highest BCUT2D eigenvalue weighted by Gasteiger charge is 2.23. The van der Waals surface area contributed by atoms with Crippen molar-refractivity contribution in [2.24, 2.45) is 7.05 Å². The van der Waals surface area contributed by atoms with Crippen LogP contribution in [0.15, 0.2) is 42.6 Å². The van der Waals surface area contributed by atoms with Crippen LogP contribution in [0.2, 0.25) is 0 Å². The molecule has 0 radical (unpaired) electrons. The number of benzene rings is 1. The number of piperazine rings is 1. The normalized spacial score (nSPS) is 20.1. The van der Waals surface area contributed by atoms with Crippen LogP contribution in [0.5, 0.6) is 0 Å². The van der Waals surface area contributed by atoms with Gasteiger partial charge in [0.15, 0.2) is 0 Å². The fourth-order valence-corrected chi connectivity index (χ4v) is 2.92. The van der Waals surface area contributed by atoms with E-state index in [1.165, 1.54) is 11.3 Å². The Morgan fingerprint density at radius 2 is 2.10 bits per heavy atom. The van der Waals surface area contributed by atoms with Gasteiger partial charge in [-0.2, -0.15) is 5.10 Å². The van der Waals surface area contributed by atoms with E-state index >= 15 is 0 Å². The molecule has 1 saturated heterocycles. The maximum atomic E-state index is 4.24. The van der Waals surface area contributed by atoms with E-state index in [1.807, 2.05) is 17.9 Å². The Morgan fingerprint density at radius 1 is 1.25 bits per heavy atom. The van der Waals surface area contributed by atoms with Crippen molar-refractivity contribution < 1.29 is 0 Å². The molecule has 1 atom stereocenters. The zero-order valence-electron chi connectivity index (χ0n) is 12.0. The Hall–Kier alpha value is -1.65. The lowest BCUT2D eigenvalue weighted by Gasteiger charge is -2.36. The maximum Gasteiger partial charge on any atom is 0.0492 e. The lowest BCUT2D eigenvalue weighted by Crippen LogP contribution is -2.46. The molecule has 3 rings (SSSR count). The van der Waals surface area contributed by atoms with E-state index in [2.05, 4.69) is 51.7 Å². The summed E-state index contributed by atoms with van der Waals surface area (Å²) >= 11 is 0. The van der Waals surface area contributed by atoms with Gasteiger partial charge in [0.2, 0.25) is 0 Å². The van der Waals surface area contributed by atoms with Crippen LogP contribution in [0.1, 0.15) is 17.3 Å². The summed E-state index contributed by atoms with van der Waals surface area (Å²) < 4.78 is 1.97. The molecule has 106 valence electrons. The Kier molecular flexibility index (Phi) is 4.14. The van der Waals surface area contributed by atoms with Gasteiger partial charge in [0, 0.05) is 57.6 Å². The molecular formula is C16H22N4. The first-order chi connectivity index (χ1) is 9.84. The van der Waals surface area contributed by atoms with E-state index in [1.54, 1.807) is 0 Å². The highest BCUT2D eigenvalue weighted by molar-refractivity contribution is 5.20. The summed E-state index contributed by atoms with van der Waals surface area (Å²) in [6, 6.07) is 13.4. The molecule has 4 nitrogen and oxygen atoms in total. The molecule has 1 aromatic carbocycles. The van der Waals surface area contributed by atoms with E-state index in [0.717, 1.165) is 32.6 Å². The average Bonchev–Trinajstić information content (AvgIpc) is 2.92. The summed E-state index contributed by atoms with van der Waals surface area (Å²) in [4.78, 5) is 2.58. The van der Waals surface area contributed by atoms with Gasteiger partial charge < -0.3 is 5.32 Å². The van der Waals surface area contributed by atoms with Crippen LogP contribution in [0.3, 0.4) is 0 Å². The van der Waals surface area contributed by atoms with Crippen LogP contribution < -0.4 is 5.32 Å². The average molecular weight is 270 g/mol. The quantitative estimate of drug-likeness (QED) is 0.916. The standard InChI is InChI=1S/C16H22N4/c1-19-15(7-9-18-19)8-11-20-12-10-17-13-16(20)14-5-3-2-4-6-14/h2-7,9,16-17H,8,10-13H2,1H3. The van der Waals surface area contributed by atoms with Gasteiger partial charge in [0.25, 0.3) is 0 Å². The number of hydrogen-bond donors (Lipinski definition) is 1. The summed E-state index contributed by atoms with van der Waals surface area (Å²) in [7, 11) is 2.02. The number of nitrogens with one attached hydrogen (secondary N) is 1. The van der Waals surface area contributed by atoms with Crippen LogP contribution in [0.4, 0.5) is 0 Å². The maximum absolute atomic E-state index is 4.24. The van der Waals surface area contributed by atoms with Crippen molar-refractivity contribution in [1.29, 1.82) is 0 Å². The Morgan fingerprint density at radius 3 is 2.85 bits per heavy atom. The van der Waals surface area contributed by atoms with Crippen molar-refractivity contribution in [2.45, 2.75) is 12.5 Å². The summed E-state index contributed by atoms with van der Waals surface area (Å²) in [6.45, 7) is 4.31. The lowest BCUT2D eigenvalue weighted by atomic mass is 10.0. The third kappa shape index (κ3) is 2.92. The largest absolute Gasteiger partial charge is 0.314 e. The molecule has 1 N–H and O–H groups in total. The van der Waals surface area contributed by atoms with Crippen LogP contribution in [-0.2, 0) is 13.5 Å². The highest BCUT2D eigenvalue weighted by atomic mass is 15.3. The fraction of sp³-hybridized carbons (Fsp3) is 0.438. The van der Waals surface area contributed by atoms with Crippen LogP contribution in [0.25, 0.3) is 0 Å². The summed E-state index contributed by atoms with van der Waals surface area (Å²) in [6.07, 6.45) is 2.93. The SMILES string of the molecule is Cn1nccc1CCN1CCNCC1c1ccccc1. The third-order valence-corrected chi connectivity index (χ3v) is 4.12. The molecule has 1 aliphatic rings. The zero-order chi connectivity index (χ0) is 13.8. The van der Waals surface area contributed by atoms with Gasteiger partial charge in [-0.3, -0.25) is 9.58 Å². The van der Waals surface area contributed by atoms with E-state index in [-0.39, 0.29) is 0 Å². The first-order valence-electron chi connectivity index (χ1n) is 7.31. The zero-order valence-corrected chi connectivity index (χ0v) is 12.0. The Bertz CT molecular complexity index is 534. The summed E-state index contributed by atoms with van der Waals surface area (Å²) in [5, 5.41) is 7.75. The molecule has 0 bridgehead atoms. The second kappa shape index (κ2) is 6.20. The minimum Gasteiger partial charge on any atom is -0.314 e. The molecule has 4 heteroatoms. The molecular weight excluding hydrogens is 248 g/mol. The first-order valence-corrected chi connectivity index (χ1v) is 7.31. The summed E-state index contributed by atoms with van der Waals surface area (Å²) in [5.41, 5.74) is 2.71. The van der Waals surface area contributed by atoms with Gasteiger partial charge in [0.1, 0.15) is 0 Å². The molecule has 20 heavy (non-hydrogen) atoms. The molecule has 1 aromatic heterocycles. The van der Waals surface area contributed by atoms with Crippen molar-refractivity contribution in [2.75, 3.05) is 26.2 Å². The lowest BCUT2D eigenvalue weighted by molar-refractivity contribution is 0.163. The van der Waals surface area contributed by atoms with Gasteiger partial charge in [-0.1, -0.05) is 30.3 Å². The molecule has 0 amide bonds. The van der Waals surface area contributed by atoms with Crippen molar-refractivity contribution >= 4 is 0 Å². The monoisotopic (exact) mass is 270 g/mol. The van der Waals surface area contributed by atoms with Crippen molar-refractivity contribution in [1.82, 2.24) is 20.0 Å². The molecule has 0 spiro atoms. The fourth-order valence-electron chi connectivity index (χ4n) is 2.92. The van der Waals surface area contributed by atoms with Gasteiger partial charge in [-0.15, -0.1) is 0 Å². The number of rotatable bonds is 4. The van der Waals surface area contributed by atoms with Gasteiger partial charge in [0.05, 0.1) is 0 Å². The van der Waals surface area contributed by atoms with Gasteiger partial charge in [-0.05, 0) is 11.6 Å².